The lowest BCUT2D eigenvalue weighted by Gasteiger charge is -2.43. The van der Waals surface area contributed by atoms with Crippen molar-refractivity contribution in [2.24, 2.45) is 11.7 Å². The van der Waals surface area contributed by atoms with Crippen LogP contribution in [-0.4, -0.2) is 59.9 Å². The lowest BCUT2D eigenvalue weighted by atomic mass is 9.93. The van der Waals surface area contributed by atoms with Gasteiger partial charge in [-0.15, -0.1) is 11.3 Å². The molecule has 6 nitrogen and oxygen atoms in total. The maximum atomic E-state index is 13.2. The van der Waals surface area contributed by atoms with Gasteiger partial charge in [0, 0.05) is 38.8 Å². The highest BCUT2D eigenvalue weighted by atomic mass is 32.1. The molecule has 0 spiro atoms. The normalized spacial score (nSPS) is 18.9. The largest absolute Gasteiger partial charge is 0.353 e. The summed E-state index contributed by atoms with van der Waals surface area (Å²) in [6, 6.07) is 11.9. The van der Waals surface area contributed by atoms with Gasteiger partial charge in [-0.2, -0.15) is 0 Å². The molecule has 0 saturated carbocycles. The van der Waals surface area contributed by atoms with Crippen LogP contribution in [0.5, 0.6) is 0 Å². The summed E-state index contributed by atoms with van der Waals surface area (Å²) in [5.74, 6) is 0.348. The molecular formula is C25H36N4O2S. The van der Waals surface area contributed by atoms with Gasteiger partial charge in [0.25, 0.3) is 5.91 Å². The van der Waals surface area contributed by atoms with Crippen LogP contribution in [0.1, 0.15) is 47.5 Å². The van der Waals surface area contributed by atoms with Gasteiger partial charge < -0.3 is 16.0 Å². The number of carbonyl (C=O) groups is 2. The topological polar surface area (TPSA) is 78.7 Å². The van der Waals surface area contributed by atoms with Crippen LogP contribution >= 0.6 is 11.3 Å². The number of hydrogen-bond acceptors (Lipinski definition) is 5. The number of likely N-dealkylation sites (tertiary alicyclic amines) is 1. The molecule has 1 aliphatic rings. The van der Waals surface area contributed by atoms with E-state index >= 15 is 0 Å². The van der Waals surface area contributed by atoms with Crippen molar-refractivity contribution in [3.05, 3.63) is 57.8 Å². The van der Waals surface area contributed by atoms with Crippen molar-refractivity contribution >= 4 is 23.2 Å². The fourth-order valence-electron chi connectivity index (χ4n) is 4.44. The Hall–Kier alpha value is -2.22. The van der Waals surface area contributed by atoms with Gasteiger partial charge in [0.15, 0.2) is 0 Å². The monoisotopic (exact) mass is 456 g/mol. The second-order valence-electron chi connectivity index (χ2n) is 9.00. The first kappa shape index (κ1) is 24.4. The van der Waals surface area contributed by atoms with E-state index in [0.717, 1.165) is 19.5 Å². The highest BCUT2D eigenvalue weighted by molar-refractivity contribution is 7.12. The number of carbonyl (C=O) groups excluding carboxylic acids is 2. The third kappa shape index (κ3) is 6.18. The van der Waals surface area contributed by atoms with Crippen molar-refractivity contribution in [1.82, 2.24) is 15.1 Å². The van der Waals surface area contributed by atoms with Crippen molar-refractivity contribution in [3.63, 3.8) is 0 Å². The third-order valence-corrected chi connectivity index (χ3v) is 6.92. The summed E-state index contributed by atoms with van der Waals surface area (Å²) in [6.45, 7) is 9.78. The minimum absolute atomic E-state index is 0.0549. The van der Waals surface area contributed by atoms with E-state index in [4.69, 9.17) is 5.73 Å². The first-order valence-electron chi connectivity index (χ1n) is 11.5. The predicted molar refractivity (Wildman–Crippen MR) is 131 cm³/mol. The maximum absolute atomic E-state index is 13.2. The molecule has 1 saturated heterocycles. The molecule has 174 valence electrons. The maximum Gasteiger partial charge on any atom is 0.264 e. The van der Waals surface area contributed by atoms with Crippen molar-refractivity contribution < 1.29 is 9.59 Å². The van der Waals surface area contributed by atoms with Crippen LogP contribution in [0, 0.1) is 12.8 Å². The second kappa shape index (κ2) is 11.6. The summed E-state index contributed by atoms with van der Waals surface area (Å²) < 4.78 is 0. The fraction of sp³-hybridized carbons (Fsp3) is 0.520. The molecule has 0 aliphatic carbocycles. The van der Waals surface area contributed by atoms with E-state index in [1.54, 1.807) is 4.90 Å². The average Bonchev–Trinajstić information content (AvgIpc) is 3.32. The number of amides is 2. The van der Waals surface area contributed by atoms with Gasteiger partial charge >= 0.3 is 0 Å². The van der Waals surface area contributed by atoms with Gasteiger partial charge in [0.2, 0.25) is 5.91 Å². The summed E-state index contributed by atoms with van der Waals surface area (Å²) in [5, 5.41) is 4.82. The van der Waals surface area contributed by atoms with Crippen molar-refractivity contribution in [2.45, 2.75) is 52.2 Å². The number of benzene rings is 1. The molecule has 7 heteroatoms. The standard InChI is InChI=1S/C25H36N4O2S/c1-18(2)16-28(17-20-8-5-4-7-19(20)3)21-10-13-29(25(31)23-9-6-14-32-23)22(15-21)24(30)27-12-11-26/h4-9,14,18,21-22H,10-13,15-17,26H2,1-3H3,(H,27,30)/t21?,22-/m1/s1. The minimum Gasteiger partial charge on any atom is -0.353 e. The molecule has 3 rings (SSSR count). The molecule has 2 heterocycles. The Bertz CT molecular complexity index is 884. The highest BCUT2D eigenvalue weighted by Gasteiger charge is 2.38. The van der Waals surface area contributed by atoms with Crippen LogP contribution < -0.4 is 11.1 Å². The fourth-order valence-corrected chi connectivity index (χ4v) is 5.12. The molecule has 0 bridgehead atoms. The molecule has 1 fully saturated rings. The van der Waals surface area contributed by atoms with Crippen molar-refractivity contribution in [2.75, 3.05) is 26.2 Å². The quantitative estimate of drug-likeness (QED) is 0.607. The lowest BCUT2D eigenvalue weighted by Crippen LogP contribution is -2.57. The molecule has 1 aromatic carbocycles. The summed E-state index contributed by atoms with van der Waals surface area (Å²) in [6.07, 6.45) is 1.49. The number of thiophene rings is 1. The number of aryl methyl sites for hydroxylation is 1. The molecule has 2 aromatic rings. The van der Waals surface area contributed by atoms with Crippen LogP contribution in [0.2, 0.25) is 0 Å². The van der Waals surface area contributed by atoms with Gasteiger partial charge in [-0.25, -0.2) is 0 Å². The lowest BCUT2D eigenvalue weighted by molar-refractivity contribution is -0.127. The van der Waals surface area contributed by atoms with Crippen LogP contribution in [0.25, 0.3) is 0 Å². The predicted octanol–water partition coefficient (Wildman–Crippen LogP) is 3.26. The Morgan fingerprint density at radius 2 is 2.03 bits per heavy atom. The Morgan fingerprint density at radius 1 is 1.25 bits per heavy atom. The second-order valence-corrected chi connectivity index (χ2v) is 9.95. The Labute approximate surface area is 195 Å². The first-order valence-corrected chi connectivity index (χ1v) is 12.4. The zero-order valence-electron chi connectivity index (χ0n) is 19.4. The van der Waals surface area contributed by atoms with Crippen LogP contribution in [0.3, 0.4) is 0 Å². The van der Waals surface area contributed by atoms with Gasteiger partial charge in [-0.1, -0.05) is 44.2 Å². The average molecular weight is 457 g/mol. The van der Waals surface area contributed by atoms with Crippen LogP contribution in [-0.2, 0) is 11.3 Å². The molecule has 0 radical (unpaired) electrons. The number of nitrogens with two attached hydrogens (primary N) is 1. The zero-order chi connectivity index (χ0) is 23.1. The minimum atomic E-state index is -0.485. The first-order chi connectivity index (χ1) is 15.4. The smallest absolute Gasteiger partial charge is 0.264 e. The van der Waals surface area contributed by atoms with E-state index in [1.807, 2.05) is 17.5 Å². The molecule has 1 aliphatic heterocycles. The highest BCUT2D eigenvalue weighted by Crippen LogP contribution is 2.27. The summed E-state index contributed by atoms with van der Waals surface area (Å²) in [7, 11) is 0. The molecule has 3 N–H and O–H groups in total. The molecule has 1 unspecified atom stereocenters. The third-order valence-electron chi connectivity index (χ3n) is 6.06. The molecular weight excluding hydrogens is 420 g/mol. The van der Waals surface area contributed by atoms with Gasteiger partial charge in [-0.3, -0.25) is 14.5 Å². The van der Waals surface area contributed by atoms with E-state index in [9.17, 15) is 9.59 Å². The van der Waals surface area contributed by atoms with Crippen molar-refractivity contribution in [1.29, 1.82) is 0 Å². The van der Waals surface area contributed by atoms with Gasteiger partial charge in [0.1, 0.15) is 6.04 Å². The summed E-state index contributed by atoms with van der Waals surface area (Å²) in [4.78, 5) is 31.2. The number of rotatable bonds is 9. The number of hydrogen-bond donors (Lipinski definition) is 2. The number of nitrogens with one attached hydrogen (secondary N) is 1. The molecule has 2 amide bonds. The van der Waals surface area contributed by atoms with Crippen molar-refractivity contribution in [3.8, 4) is 0 Å². The summed E-state index contributed by atoms with van der Waals surface area (Å²) in [5.41, 5.74) is 8.20. The molecule has 2 atom stereocenters. The summed E-state index contributed by atoms with van der Waals surface area (Å²) >= 11 is 1.42. The van der Waals surface area contributed by atoms with E-state index < -0.39 is 6.04 Å². The van der Waals surface area contributed by atoms with Crippen LogP contribution in [0.4, 0.5) is 0 Å². The number of nitrogens with zero attached hydrogens (tertiary/aromatic N) is 2. The Morgan fingerprint density at radius 3 is 2.69 bits per heavy atom. The molecule has 1 aromatic heterocycles. The Kier molecular flexibility index (Phi) is 8.84. The Balaban J connectivity index is 1.82. The zero-order valence-corrected chi connectivity index (χ0v) is 20.2. The van der Waals surface area contributed by atoms with Gasteiger partial charge in [0.05, 0.1) is 4.88 Å². The van der Waals surface area contributed by atoms with E-state index in [0.29, 0.717) is 36.9 Å². The SMILES string of the molecule is Cc1ccccc1CN(CC(C)C)C1CCN(C(=O)c2cccs2)[C@@H](C(=O)NCCN)C1. The van der Waals surface area contributed by atoms with E-state index in [2.05, 4.69) is 55.3 Å². The van der Waals surface area contributed by atoms with E-state index in [1.165, 1.54) is 22.5 Å². The van der Waals surface area contributed by atoms with E-state index in [-0.39, 0.29) is 17.9 Å². The molecule has 32 heavy (non-hydrogen) atoms. The number of piperidine rings is 1. The van der Waals surface area contributed by atoms with Crippen LogP contribution in [0.15, 0.2) is 41.8 Å². The van der Waals surface area contributed by atoms with Gasteiger partial charge in [-0.05, 0) is 48.3 Å².